The monoisotopic (exact) mass is 331 g/mol. The first-order valence-corrected chi connectivity index (χ1v) is 7.06. The van der Waals surface area contributed by atoms with E-state index in [1.165, 1.54) is 18.6 Å². The number of hydrogen-bond donors (Lipinski definition) is 3. The smallest absolute Gasteiger partial charge is 0.250 e. The van der Waals surface area contributed by atoms with Crippen molar-refractivity contribution < 1.29 is 9.59 Å². The fourth-order valence-electron chi connectivity index (χ4n) is 2.32. The summed E-state index contributed by atoms with van der Waals surface area (Å²) in [5.74, 6) is -0.637. The number of rotatable bonds is 5. The molecule has 0 spiro atoms. The van der Waals surface area contributed by atoms with E-state index in [4.69, 9.17) is 17.3 Å². The number of nitrogens with two attached hydrogens (primary N) is 1. The summed E-state index contributed by atoms with van der Waals surface area (Å²) in [5.41, 5.74) is 5.99. The van der Waals surface area contributed by atoms with Crippen molar-refractivity contribution in [1.82, 2.24) is 5.32 Å². The number of carbonyl (C=O) groups excluding carboxylic acids is 2. The molecule has 0 aliphatic carbocycles. The molecule has 1 aliphatic heterocycles. The number of anilines is 1. The molecule has 21 heavy (non-hydrogen) atoms. The molecule has 1 fully saturated rings. The Labute approximate surface area is 135 Å². The molecule has 0 bridgehead atoms. The summed E-state index contributed by atoms with van der Waals surface area (Å²) in [7, 11) is 0. The molecule has 1 heterocycles. The second kappa shape index (κ2) is 8.22. The van der Waals surface area contributed by atoms with Crippen LogP contribution in [-0.4, -0.2) is 24.4 Å². The summed E-state index contributed by atoms with van der Waals surface area (Å²) in [4.78, 5) is 22.9. The van der Waals surface area contributed by atoms with E-state index in [0.717, 1.165) is 19.4 Å². The van der Waals surface area contributed by atoms with Crippen LogP contribution in [0.15, 0.2) is 18.2 Å². The van der Waals surface area contributed by atoms with Gasteiger partial charge in [0.2, 0.25) is 11.8 Å². The van der Waals surface area contributed by atoms with Gasteiger partial charge in [0.1, 0.15) is 0 Å². The lowest BCUT2D eigenvalue weighted by Crippen LogP contribution is -2.23. The summed E-state index contributed by atoms with van der Waals surface area (Å²) >= 11 is 5.93. The molecule has 4 N–H and O–H groups in total. The van der Waals surface area contributed by atoms with E-state index < -0.39 is 5.91 Å². The summed E-state index contributed by atoms with van der Waals surface area (Å²) in [6.45, 7) is 1.04. The minimum absolute atomic E-state index is 0. The Morgan fingerprint density at radius 2 is 2.19 bits per heavy atom. The van der Waals surface area contributed by atoms with Crippen LogP contribution < -0.4 is 16.4 Å². The molecule has 2 rings (SSSR count). The van der Waals surface area contributed by atoms with Crippen molar-refractivity contribution in [2.45, 2.75) is 31.7 Å². The lowest BCUT2D eigenvalue weighted by molar-refractivity contribution is -0.116. The van der Waals surface area contributed by atoms with Crippen LogP contribution in [-0.2, 0) is 4.79 Å². The average Bonchev–Trinajstić information content (AvgIpc) is 2.89. The summed E-state index contributed by atoms with van der Waals surface area (Å²) < 4.78 is 0. The normalized spacial score (nSPS) is 17.1. The summed E-state index contributed by atoms with van der Waals surface area (Å²) in [6.07, 6.45) is 3.61. The first kappa shape index (κ1) is 17.8. The molecule has 7 heteroatoms. The molecule has 1 unspecified atom stereocenters. The van der Waals surface area contributed by atoms with Crippen LogP contribution in [0, 0.1) is 0 Å². The van der Waals surface area contributed by atoms with Gasteiger partial charge in [-0.2, -0.15) is 0 Å². The molecule has 1 aromatic rings. The standard InChI is InChI=1S/C14H18ClN3O2.ClH/c15-12-8-10(3-5-11(12)14(16)20)18-13(19)6-4-9-2-1-7-17-9;/h3,5,8-9,17H,1-2,4,6-7H2,(H2,16,20)(H,18,19);1H. The Hall–Kier alpha value is -1.30. The van der Waals surface area contributed by atoms with E-state index in [0.29, 0.717) is 18.2 Å². The maximum atomic E-state index is 11.8. The van der Waals surface area contributed by atoms with Crippen molar-refractivity contribution >= 4 is 41.5 Å². The average molecular weight is 332 g/mol. The molecule has 1 saturated heterocycles. The third-order valence-corrected chi connectivity index (χ3v) is 3.71. The van der Waals surface area contributed by atoms with Gasteiger partial charge in [-0.15, -0.1) is 12.4 Å². The zero-order valence-electron chi connectivity index (χ0n) is 11.5. The largest absolute Gasteiger partial charge is 0.366 e. The van der Waals surface area contributed by atoms with Crippen LogP contribution in [0.5, 0.6) is 0 Å². The maximum Gasteiger partial charge on any atom is 0.250 e. The Morgan fingerprint density at radius 3 is 2.76 bits per heavy atom. The molecule has 1 aliphatic rings. The first-order valence-electron chi connectivity index (χ1n) is 6.69. The Morgan fingerprint density at radius 1 is 1.43 bits per heavy atom. The highest BCUT2D eigenvalue weighted by molar-refractivity contribution is 6.34. The van der Waals surface area contributed by atoms with Gasteiger partial charge in [-0.25, -0.2) is 0 Å². The van der Waals surface area contributed by atoms with Gasteiger partial charge in [0.05, 0.1) is 10.6 Å². The van der Waals surface area contributed by atoms with Crippen molar-refractivity contribution in [3.8, 4) is 0 Å². The van der Waals surface area contributed by atoms with Crippen LogP contribution >= 0.6 is 24.0 Å². The van der Waals surface area contributed by atoms with Gasteiger partial charge in [-0.1, -0.05) is 11.6 Å². The van der Waals surface area contributed by atoms with Crippen molar-refractivity contribution in [2.24, 2.45) is 5.73 Å². The molecule has 0 saturated carbocycles. The van der Waals surface area contributed by atoms with E-state index in [9.17, 15) is 9.59 Å². The van der Waals surface area contributed by atoms with Gasteiger partial charge in [0, 0.05) is 18.2 Å². The van der Waals surface area contributed by atoms with Gasteiger partial charge < -0.3 is 16.4 Å². The molecule has 2 amide bonds. The van der Waals surface area contributed by atoms with Crippen LogP contribution in [0.4, 0.5) is 5.69 Å². The number of halogens is 2. The Kier molecular flexibility index (Phi) is 6.95. The topological polar surface area (TPSA) is 84.2 Å². The molecular weight excluding hydrogens is 313 g/mol. The zero-order chi connectivity index (χ0) is 14.5. The molecule has 0 aromatic heterocycles. The van der Waals surface area contributed by atoms with Gasteiger partial charge in [0.15, 0.2) is 0 Å². The highest BCUT2D eigenvalue weighted by Crippen LogP contribution is 2.21. The fraction of sp³-hybridized carbons (Fsp3) is 0.429. The predicted octanol–water partition coefficient (Wildman–Crippen LogP) is 2.33. The molecule has 116 valence electrons. The van der Waals surface area contributed by atoms with Crippen molar-refractivity contribution in [1.29, 1.82) is 0 Å². The van der Waals surface area contributed by atoms with Crippen molar-refractivity contribution in [2.75, 3.05) is 11.9 Å². The van der Waals surface area contributed by atoms with Gasteiger partial charge in [-0.3, -0.25) is 9.59 Å². The second-order valence-electron chi connectivity index (χ2n) is 4.94. The number of carbonyl (C=O) groups is 2. The molecule has 5 nitrogen and oxygen atoms in total. The first-order chi connectivity index (χ1) is 9.56. The van der Waals surface area contributed by atoms with Crippen LogP contribution in [0.1, 0.15) is 36.0 Å². The number of benzene rings is 1. The predicted molar refractivity (Wildman–Crippen MR) is 86.1 cm³/mol. The minimum Gasteiger partial charge on any atom is -0.366 e. The highest BCUT2D eigenvalue weighted by Gasteiger charge is 2.15. The number of primary amides is 1. The van der Waals surface area contributed by atoms with E-state index in [2.05, 4.69) is 10.6 Å². The van der Waals surface area contributed by atoms with E-state index >= 15 is 0 Å². The van der Waals surface area contributed by atoms with Crippen LogP contribution in [0.3, 0.4) is 0 Å². The zero-order valence-corrected chi connectivity index (χ0v) is 13.1. The van der Waals surface area contributed by atoms with Gasteiger partial charge >= 0.3 is 0 Å². The molecule has 1 aromatic carbocycles. The fourth-order valence-corrected chi connectivity index (χ4v) is 2.60. The quantitative estimate of drug-likeness (QED) is 0.774. The Bertz CT molecular complexity index is 517. The number of nitrogens with one attached hydrogen (secondary N) is 2. The lowest BCUT2D eigenvalue weighted by atomic mass is 10.1. The van der Waals surface area contributed by atoms with Crippen molar-refractivity contribution in [3.05, 3.63) is 28.8 Å². The summed E-state index contributed by atoms with van der Waals surface area (Å²) in [5, 5.41) is 6.37. The Balaban J connectivity index is 0.00000220. The van der Waals surface area contributed by atoms with Crippen molar-refractivity contribution in [3.63, 3.8) is 0 Å². The van der Waals surface area contributed by atoms with Gasteiger partial charge in [-0.05, 0) is 44.0 Å². The maximum absolute atomic E-state index is 11.8. The number of amides is 2. The third-order valence-electron chi connectivity index (χ3n) is 3.40. The molecule has 1 atom stereocenters. The summed E-state index contributed by atoms with van der Waals surface area (Å²) in [6, 6.07) is 5.12. The third kappa shape index (κ3) is 5.19. The molecule has 0 radical (unpaired) electrons. The minimum atomic E-state index is -0.583. The van der Waals surface area contributed by atoms with E-state index in [-0.39, 0.29) is 28.9 Å². The van der Waals surface area contributed by atoms with E-state index in [1.807, 2.05) is 0 Å². The number of hydrogen-bond acceptors (Lipinski definition) is 3. The SMILES string of the molecule is Cl.NC(=O)c1ccc(NC(=O)CCC2CCCN2)cc1Cl. The lowest BCUT2D eigenvalue weighted by Gasteiger charge is -2.10. The molecular formula is C14H19Cl2N3O2. The van der Waals surface area contributed by atoms with Crippen LogP contribution in [0.2, 0.25) is 5.02 Å². The van der Waals surface area contributed by atoms with E-state index in [1.54, 1.807) is 6.07 Å². The van der Waals surface area contributed by atoms with Gasteiger partial charge in [0.25, 0.3) is 0 Å². The van der Waals surface area contributed by atoms with Crippen LogP contribution in [0.25, 0.3) is 0 Å². The second-order valence-corrected chi connectivity index (χ2v) is 5.35. The highest BCUT2D eigenvalue weighted by atomic mass is 35.5.